The Morgan fingerprint density at radius 1 is 1.11 bits per heavy atom. The van der Waals surface area contributed by atoms with Crippen molar-refractivity contribution in [2.45, 2.75) is 6.54 Å². The van der Waals surface area contributed by atoms with Crippen LogP contribution in [0.25, 0.3) is 10.9 Å². The summed E-state index contributed by atoms with van der Waals surface area (Å²) in [6.07, 6.45) is 1.20. The van der Waals surface area contributed by atoms with E-state index in [0.717, 1.165) is 10.6 Å². The average Bonchev–Trinajstić information content (AvgIpc) is 2.65. The van der Waals surface area contributed by atoms with Crippen molar-refractivity contribution in [2.75, 3.05) is 11.9 Å². The molecule has 0 saturated carbocycles. The average molecular weight is 389 g/mol. The molecule has 0 fully saturated rings. The fourth-order valence-electron chi connectivity index (χ4n) is 2.37. The Hall–Kier alpha value is -3.26. The minimum atomic E-state index is -0.567. The van der Waals surface area contributed by atoms with Gasteiger partial charge in [-0.2, -0.15) is 0 Å². The van der Waals surface area contributed by atoms with Crippen molar-refractivity contribution in [2.24, 2.45) is 0 Å². The molecule has 3 rings (SSSR count). The number of nitrogens with one attached hydrogen (secondary N) is 2. The van der Waals surface area contributed by atoms with Crippen LogP contribution in [-0.2, 0) is 16.1 Å². The highest BCUT2D eigenvalue weighted by atomic mass is 35.5. The van der Waals surface area contributed by atoms with Gasteiger partial charge in [-0.3, -0.25) is 19.0 Å². The van der Waals surface area contributed by atoms with E-state index >= 15 is 0 Å². The zero-order valence-electron chi connectivity index (χ0n) is 13.9. The normalized spacial score (nSPS) is 10.6. The van der Waals surface area contributed by atoms with Gasteiger partial charge in [0.25, 0.3) is 5.56 Å². The number of hydrogen-bond donors (Lipinski definition) is 2. The lowest BCUT2D eigenvalue weighted by Crippen LogP contribution is -2.37. The first-order valence-electron chi connectivity index (χ1n) is 7.89. The molecule has 3 aromatic rings. The van der Waals surface area contributed by atoms with Gasteiger partial charge in [-0.25, -0.2) is 9.37 Å². The summed E-state index contributed by atoms with van der Waals surface area (Å²) in [6, 6.07) is 10.2. The lowest BCUT2D eigenvalue weighted by atomic mass is 10.2. The zero-order valence-corrected chi connectivity index (χ0v) is 14.7. The Morgan fingerprint density at radius 2 is 1.85 bits per heavy atom. The van der Waals surface area contributed by atoms with Crippen molar-refractivity contribution in [3.63, 3.8) is 0 Å². The number of nitrogens with zero attached hydrogens (tertiary/aromatic N) is 2. The highest BCUT2D eigenvalue weighted by Crippen LogP contribution is 2.13. The van der Waals surface area contributed by atoms with Crippen LogP contribution in [0.1, 0.15) is 0 Å². The lowest BCUT2D eigenvalue weighted by Gasteiger charge is -2.09. The van der Waals surface area contributed by atoms with Gasteiger partial charge in [-0.1, -0.05) is 11.6 Å². The third kappa shape index (κ3) is 4.68. The molecule has 0 saturated heterocycles. The standard InChI is InChI=1S/C18H14ClFN4O3/c19-11-1-4-13(5-2-11)23-16(25)8-21-17(26)9-24-10-22-15-6-3-12(20)7-14(15)18(24)27/h1-7,10H,8-9H2,(H,21,26)(H,23,25). The van der Waals surface area contributed by atoms with Crippen LogP contribution >= 0.6 is 11.6 Å². The van der Waals surface area contributed by atoms with Crippen molar-refractivity contribution in [3.05, 3.63) is 70.0 Å². The minimum Gasteiger partial charge on any atom is -0.345 e. The summed E-state index contributed by atoms with van der Waals surface area (Å²) >= 11 is 5.76. The monoisotopic (exact) mass is 388 g/mol. The van der Waals surface area contributed by atoms with Gasteiger partial charge in [-0.05, 0) is 42.5 Å². The van der Waals surface area contributed by atoms with E-state index in [1.807, 2.05) is 0 Å². The highest BCUT2D eigenvalue weighted by molar-refractivity contribution is 6.30. The molecule has 2 N–H and O–H groups in total. The summed E-state index contributed by atoms with van der Waals surface area (Å²) in [5.74, 6) is -1.56. The third-order valence-corrected chi connectivity index (χ3v) is 3.93. The maximum Gasteiger partial charge on any atom is 0.261 e. The molecule has 0 spiro atoms. The largest absolute Gasteiger partial charge is 0.345 e. The number of aromatic nitrogens is 2. The Bertz CT molecular complexity index is 1070. The molecule has 2 aromatic carbocycles. The molecule has 138 valence electrons. The Kier molecular flexibility index (Phi) is 5.46. The summed E-state index contributed by atoms with van der Waals surface area (Å²) in [5.41, 5.74) is 0.330. The van der Waals surface area contributed by atoms with Crippen LogP contribution in [-0.4, -0.2) is 27.9 Å². The predicted octanol–water partition coefficient (Wildman–Crippen LogP) is 1.94. The Balaban J connectivity index is 1.60. The van der Waals surface area contributed by atoms with Crippen LogP contribution in [0.2, 0.25) is 5.02 Å². The topological polar surface area (TPSA) is 93.1 Å². The molecule has 0 aliphatic rings. The number of anilines is 1. The van der Waals surface area contributed by atoms with Crippen molar-refractivity contribution >= 4 is 40.0 Å². The van der Waals surface area contributed by atoms with Gasteiger partial charge in [0, 0.05) is 10.7 Å². The lowest BCUT2D eigenvalue weighted by molar-refractivity contribution is -0.124. The molecule has 1 heterocycles. The van der Waals surface area contributed by atoms with E-state index in [4.69, 9.17) is 11.6 Å². The van der Waals surface area contributed by atoms with E-state index < -0.39 is 23.2 Å². The van der Waals surface area contributed by atoms with E-state index in [2.05, 4.69) is 15.6 Å². The van der Waals surface area contributed by atoms with E-state index in [1.165, 1.54) is 18.5 Å². The molecule has 27 heavy (non-hydrogen) atoms. The molecule has 0 aliphatic heterocycles. The molecule has 0 bridgehead atoms. The molecular weight excluding hydrogens is 375 g/mol. The van der Waals surface area contributed by atoms with Crippen molar-refractivity contribution in [3.8, 4) is 0 Å². The summed E-state index contributed by atoms with van der Waals surface area (Å²) in [5, 5.41) is 5.62. The molecular formula is C18H14ClFN4O3. The first-order valence-corrected chi connectivity index (χ1v) is 8.27. The van der Waals surface area contributed by atoms with E-state index in [1.54, 1.807) is 24.3 Å². The van der Waals surface area contributed by atoms with Gasteiger partial charge in [0.2, 0.25) is 11.8 Å². The fraction of sp³-hybridized carbons (Fsp3) is 0.111. The van der Waals surface area contributed by atoms with E-state index in [9.17, 15) is 18.8 Å². The third-order valence-electron chi connectivity index (χ3n) is 3.67. The van der Waals surface area contributed by atoms with E-state index in [0.29, 0.717) is 16.2 Å². The van der Waals surface area contributed by atoms with Crippen molar-refractivity contribution < 1.29 is 14.0 Å². The van der Waals surface area contributed by atoms with Crippen LogP contribution < -0.4 is 16.2 Å². The van der Waals surface area contributed by atoms with Crippen molar-refractivity contribution in [1.82, 2.24) is 14.9 Å². The SMILES string of the molecule is O=C(Cn1cnc2ccc(F)cc2c1=O)NCC(=O)Nc1ccc(Cl)cc1. The summed E-state index contributed by atoms with van der Waals surface area (Å²) < 4.78 is 14.4. The molecule has 9 heteroatoms. The fourth-order valence-corrected chi connectivity index (χ4v) is 2.50. The Labute approximate surface area is 157 Å². The van der Waals surface area contributed by atoms with E-state index in [-0.39, 0.29) is 18.5 Å². The summed E-state index contributed by atoms with van der Waals surface area (Å²) in [7, 11) is 0. The second-order valence-electron chi connectivity index (χ2n) is 5.67. The molecule has 0 atom stereocenters. The zero-order chi connectivity index (χ0) is 19.4. The number of benzene rings is 2. The van der Waals surface area contributed by atoms with Gasteiger partial charge in [0.15, 0.2) is 0 Å². The smallest absolute Gasteiger partial charge is 0.261 e. The molecule has 7 nitrogen and oxygen atoms in total. The summed E-state index contributed by atoms with van der Waals surface area (Å²) in [6.45, 7) is -0.613. The molecule has 0 unspecified atom stereocenters. The second-order valence-corrected chi connectivity index (χ2v) is 6.11. The van der Waals surface area contributed by atoms with Crippen LogP contribution in [0.5, 0.6) is 0 Å². The quantitative estimate of drug-likeness (QED) is 0.698. The summed E-state index contributed by atoms with van der Waals surface area (Å²) in [4.78, 5) is 40.2. The molecule has 0 aliphatic carbocycles. The van der Waals surface area contributed by atoms with Gasteiger partial charge >= 0.3 is 0 Å². The first kappa shape index (κ1) is 18.5. The number of carbonyl (C=O) groups excluding carboxylic acids is 2. The number of halogens is 2. The molecule has 1 aromatic heterocycles. The van der Waals surface area contributed by atoms with Gasteiger partial charge in [0.1, 0.15) is 12.4 Å². The predicted molar refractivity (Wildman–Crippen MR) is 99.1 cm³/mol. The Morgan fingerprint density at radius 3 is 2.59 bits per heavy atom. The van der Waals surface area contributed by atoms with Crippen LogP contribution in [0.3, 0.4) is 0 Å². The van der Waals surface area contributed by atoms with Crippen LogP contribution in [0.4, 0.5) is 10.1 Å². The van der Waals surface area contributed by atoms with Gasteiger partial charge in [-0.15, -0.1) is 0 Å². The molecule has 0 radical (unpaired) electrons. The highest BCUT2D eigenvalue weighted by Gasteiger charge is 2.10. The maximum absolute atomic E-state index is 13.3. The van der Waals surface area contributed by atoms with Gasteiger partial charge < -0.3 is 10.6 Å². The van der Waals surface area contributed by atoms with Crippen molar-refractivity contribution in [1.29, 1.82) is 0 Å². The second kappa shape index (κ2) is 7.96. The molecule has 2 amide bonds. The number of amides is 2. The number of rotatable bonds is 5. The maximum atomic E-state index is 13.3. The number of fused-ring (bicyclic) bond motifs is 1. The number of hydrogen-bond acceptors (Lipinski definition) is 4. The van der Waals surface area contributed by atoms with Crippen LogP contribution in [0.15, 0.2) is 53.6 Å². The van der Waals surface area contributed by atoms with Crippen LogP contribution in [0, 0.1) is 5.82 Å². The van der Waals surface area contributed by atoms with Gasteiger partial charge in [0.05, 0.1) is 23.8 Å². The first-order chi connectivity index (χ1) is 12.9. The number of carbonyl (C=O) groups is 2. The minimum absolute atomic E-state index is 0.0748.